The first-order valence-corrected chi connectivity index (χ1v) is 7.37. The number of carbonyl (C=O) groups excluding carboxylic acids is 1. The molecular formula is C18H13ClO4. The highest BCUT2D eigenvalue weighted by atomic mass is 35.5. The molecule has 0 bridgehead atoms. The second kappa shape index (κ2) is 6.26. The van der Waals surface area contributed by atoms with Gasteiger partial charge in [0.1, 0.15) is 23.5 Å². The summed E-state index contributed by atoms with van der Waals surface area (Å²) in [6.45, 7) is 1.71. The van der Waals surface area contributed by atoms with Crippen molar-refractivity contribution in [1.82, 2.24) is 0 Å². The maximum absolute atomic E-state index is 11.8. The van der Waals surface area contributed by atoms with Gasteiger partial charge in [0, 0.05) is 16.5 Å². The topological polar surface area (TPSA) is 56.5 Å². The summed E-state index contributed by atoms with van der Waals surface area (Å²) >= 11 is 5.84. The van der Waals surface area contributed by atoms with Crippen LogP contribution in [-0.4, -0.2) is 5.78 Å². The van der Waals surface area contributed by atoms with Gasteiger partial charge in [0.15, 0.2) is 5.78 Å². The van der Waals surface area contributed by atoms with Crippen LogP contribution in [0.2, 0.25) is 5.02 Å². The zero-order valence-corrected chi connectivity index (χ0v) is 13.1. The molecule has 3 rings (SSSR count). The van der Waals surface area contributed by atoms with E-state index < -0.39 is 5.63 Å². The van der Waals surface area contributed by atoms with Gasteiger partial charge in [-0.25, -0.2) is 4.79 Å². The monoisotopic (exact) mass is 328 g/mol. The maximum Gasteiger partial charge on any atom is 0.347 e. The highest BCUT2D eigenvalue weighted by Gasteiger charge is 2.10. The molecule has 0 fully saturated rings. The number of hydrogen-bond acceptors (Lipinski definition) is 4. The molecule has 0 saturated heterocycles. The number of halogens is 1. The first-order chi connectivity index (χ1) is 11.0. The highest BCUT2D eigenvalue weighted by Crippen LogP contribution is 2.22. The molecule has 1 aromatic heterocycles. The normalized spacial score (nSPS) is 10.7. The Balaban J connectivity index is 1.85. The number of fused-ring (bicyclic) bond motifs is 1. The van der Waals surface area contributed by atoms with Crippen molar-refractivity contribution in [2.75, 3.05) is 0 Å². The summed E-state index contributed by atoms with van der Waals surface area (Å²) in [4.78, 5) is 23.1. The van der Waals surface area contributed by atoms with Gasteiger partial charge in [0.2, 0.25) is 0 Å². The van der Waals surface area contributed by atoms with Gasteiger partial charge < -0.3 is 9.15 Å². The van der Waals surface area contributed by atoms with Gasteiger partial charge in [-0.3, -0.25) is 4.79 Å². The smallest absolute Gasteiger partial charge is 0.347 e. The molecule has 0 spiro atoms. The molecule has 2 aromatic carbocycles. The van der Waals surface area contributed by atoms with Crippen LogP contribution in [0.5, 0.6) is 5.75 Å². The molecule has 0 N–H and O–H groups in total. The molecular weight excluding hydrogens is 316 g/mol. The van der Waals surface area contributed by atoms with Crippen LogP contribution in [0.3, 0.4) is 0 Å². The average molecular weight is 329 g/mol. The summed E-state index contributed by atoms with van der Waals surface area (Å²) in [6.07, 6.45) is 0. The summed E-state index contributed by atoms with van der Waals surface area (Å²) < 4.78 is 10.9. The largest absolute Gasteiger partial charge is 0.489 e. The van der Waals surface area contributed by atoms with E-state index in [1.54, 1.807) is 30.3 Å². The van der Waals surface area contributed by atoms with Crippen LogP contribution in [0, 0.1) is 0 Å². The van der Waals surface area contributed by atoms with E-state index >= 15 is 0 Å². The van der Waals surface area contributed by atoms with Gasteiger partial charge in [0.05, 0.1) is 0 Å². The third-order valence-corrected chi connectivity index (χ3v) is 3.66. The lowest BCUT2D eigenvalue weighted by molar-refractivity contribution is 0.101. The van der Waals surface area contributed by atoms with E-state index in [1.807, 2.05) is 12.1 Å². The molecule has 5 heteroatoms. The minimum absolute atomic E-state index is 0.0485. The van der Waals surface area contributed by atoms with Crippen molar-refractivity contribution in [1.29, 1.82) is 0 Å². The van der Waals surface area contributed by atoms with Gasteiger partial charge in [-0.2, -0.15) is 0 Å². The minimum atomic E-state index is -0.639. The minimum Gasteiger partial charge on any atom is -0.489 e. The third kappa shape index (κ3) is 3.43. The van der Waals surface area contributed by atoms with E-state index in [0.29, 0.717) is 28.3 Å². The Morgan fingerprint density at radius 1 is 1.13 bits per heavy atom. The predicted octanol–water partition coefficient (Wildman–Crippen LogP) is 4.23. The molecule has 0 amide bonds. The first kappa shape index (κ1) is 15.3. The lowest BCUT2D eigenvalue weighted by atomic mass is 10.1. The predicted molar refractivity (Wildman–Crippen MR) is 88.3 cm³/mol. The van der Waals surface area contributed by atoms with Crippen LogP contribution in [0.25, 0.3) is 11.0 Å². The van der Waals surface area contributed by atoms with Crippen LogP contribution >= 0.6 is 11.6 Å². The quantitative estimate of drug-likeness (QED) is 0.531. The number of ketones is 1. The molecule has 23 heavy (non-hydrogen) atoms. The Kier molecular flexibility index (Phi) is 4.17. The molecule has 1 heterocycles. The van der Waals surface area contributed by atoms with Crippen LogP contribution in [0.4, 0.5) is 0 Å². The molecule has 3 aromatic rings. The van der Waals surface area contributed by atoms with E-state index in [2.05, 4.69) is 0 Å². The Morgan fingerprint density at radius 2 is 1.87 bits per heavy atom. The summed E-state index contributed by atoms with van der Waals surface area (Å²) in [6, 6.07) is 14.0. The van der Waals surface area contributed by atoms with Gasteiger partial charge in [-0.1, -0.05) is 23.7 Å². The zero-order valence-electron chi connectivity index (χ0n) is 12.3. The van der Waals surface area contributed by atoms with E-state index in [0.717, 1.165) is 5.56 Å². The lowest BCUT2D eigenvalue weighted by Crippen LogP contribution is -2.10. The number of Topliss-reactive ketones (excluding diaryl/α,β-unsaturated/α-hetero) is 1. The van der Waals surface area contributed by atoms with Gasteiger partial charge in [-0.15, -0.1) is 0 Å². The Hall–Kier alpha value is -2.59. The van der Waals surface area contributed by atoms with Gasteiger partial charge >= 0.3 is 5.63 Å². The molecule has 0 aliphatic heterocycles. The fourth-order valence-electron chi connectivity index (χ4n) is 2.17. The van der Waals surface area contributed by atoms with Crippen molar-refractivity contribution >= 4 is 28.4 Å². The van der Waals surface area contributed by atoms with Crippen LogP contribution in [0.1, 0.15) is 22.8 Å². The van der Waals surface area contributed by atoms with Crippen molar-refractivity contribution in [3.05, 3.63) is 75.1 Å². The third-order valence-electron chi connectivity index (χ3n) is 3.41. The van der Waals surface area contributed by atoms with Gasteiger partial charge in [0.25, 0.3) is 0 Å². The van der Waals surface area contributed by atoms with Crippen LogP contribution < -0.4 is 10.4 Å². The standard InChI is InChI=1S/C18H13ClO4/c1-11(20)16-8-13-4-7-15(9-17(13)23-18(16)21)22-10-12-2-5-14(19)6-3-12/h2-9H,10H2,1H3. The zero-order chi connectivity index (χ0) is 16.4. The SMILES string of the molecule is CC(=O)c1cc2ccc(OCc3ccc(Cl)cc3)cc2oc1=O. The number of carbonyl (C=O) groups is 1. The average Bonchev–Trinajstić information content (AvgIpc) is 2.53. The molecule has 0 aliphatic rings. The molecule has 0 aliphatic carbocycles. The fraction of sp³-hybridized carbons (Fsp3) is 0.111. The van der Waals surface area contributed by atoms with E-state index in [9.17, 15) is 9.59 Å². The molecule has 4 nitrogen and oxygen atoms in total. The second-order valence-corrected chi connectivity index (χ2v) is 5.55. The summed E-state index contributed by atoms with van der Waals surface area (Å²) in [5, 5.41) is 1.34. The molecule has 116 valence electrons. The van der Waals surface area contributed by atoms with Crippen LogP contribution in [0.15, 0.2) is 57.7 Å². The molecule has 0 unspecified atom stereocenters. The highest BCUT2D eigenvalue weighted by molar-refractivity contribution is 6.30. The van der Waals surface area contributed by atoms with Gasteiger partial charge in [-0.05, 0) is 42.8 Å². The fourth-order valence-corrected chi connectivity index (χ4v) is 2.30. The van der Waals surface area contributed by atoms with Crippen molar-refractivity contribution in [2.24, 2.45) is 0 Å². The molecule has 0 saturated carbocycles. The summed E-state index contributed by atoms with van der Waals surface area (Å²) in [5.74, 6) is 0.259. The Bertz CT molecular complexity index is 926. The maximum atomic E-state index is 11.8. The van der Waals surface area contributed by atoms with Crippen molar-refractivity contribution in [2.45, 2.75) is 13.5 Å². The Labute approximate surface area is 137 Å². The van der Waals surface area contributed by atoms with E-state index in [1.165, 1.54) is 13.0 Å². The summed E-state index contributed by atoms with van der Waals surface area (Å²) in [5.41, 5.74) is 0.767. The number of benzene rings is 2. The van der Waals surface area contributed by atoms with E-state index in [-0.39, 0.29) is 11.3 Å². The Morgan fingerprint density at radius 3 is 2.57 bits per heavy atom. The van der Waals surface area contributed by atoms with Crippen LogP contribution in [-0.2, 0) is 6.61 Å². The molecule has 0 atom stereocenters. The number of rotatable bonds is 4. The van der Waals surface area contributed by atoms with E-state index in [4.69, 9.17) is 20.8 Å². The van der Waals surface area contributed by atoms with Crippen molar-refractivity contribution < 1.29 is 13.9 Å². The lowest BCUT2D eigenvalue weighted by Gasteiger charge is -2.07. The summed E-state index contributed by atoms with van der Waals surface area (Å²) in [7, 11) is 0. The molecule has 0 radical (unpaired) electrons. The van der Waals surface area contributed by atoms with Crippen molar-refractivity contribution in [3.8, 4) is 5.75 Å². The second-order valence-electron chi connectivity index (χ2n) is 5.12. The first-order valence-electron chi connectivity index (χ1n) is 6.99. The number of ether oxygens (including phenoxy) is 1. The van der Waals surface area contributed by atoms with Crippen molar-refractivity contribution in [3.63, 3.8) is 0 Å². The number of hydrogen-bond donors (Lipinski definition) is 0.